The van der Waals surface area contributed by atoms with Crippen molar-refractivity contribution in [2.24, 2.45) is 0 Å². The molecule has 0 aliphatic rings. The SMILES string of the molecule is CCn1c(=O)c2c(C)cc(=O)oc2c2ccccc21. The zero-order valence-corrected chi connectivity index (χ0v) is 10.8. The van der Waals surface area contributed by atoms with Crippen molar-refractivity contribution in [2.45, 2.75) is 20.4 Å². The third-order valence-corrected chi connectivity index (χ3v) is 3.37. The van der Waals surface area contributed by atoms with Crippen LogP contribution in [-0.4, -0.2) is 4.57 Å². The Labute approximate surface area is 108 Å². The maximum Gasteiger partial charge on any atom is 0.336 e. The highest BCUT2D eigenvalue weighted by Crippen LogP contribution is 2.23. The largest absolute Gasteiger partial charge is 0.422 e. The van der Waals surface area contributed by atoms with Gasteiger partial charge in [-0.15, -0.1) is 0 Å². The molecule has 0 radical (unpaired) electrons. The number of aromatic nitrogens is 1. The van der Waals surface area contributed by atoms with E-state index in [4.69, 9.17) is 4.42 Å². The fourth-order valence-corrected chi connectivity index (χ4v) is 2.52. The Morgan fingerprint density at radius 1 is 1.21 bits per heavy atom. The lowest BCUT2D eigenvalue weighted by Gasteiger charge is -2.11. The normalized spacial score (nSPS) is 11.3. The molecule has 0 fully saturated rings. The Bertz CT molecular complexity index is 903. The molecule has 1 aromatic carbocycles. The predicted octanol–water partition coefficient (Wildman–Crippen LogP) is 2.44. The average molecular weight is 255 g/mol. The van der Waals surface area contributed by atoms with Crippen LogP contribution in [0.15, 0.2) is 44.3 Å². The van der Waals surface area contributed by atoms with Crippen molar-refractivity contribution >= 4 is 21.9 Å². The van der Waals surface area contributed by atoms with Gasteiger partial charge in [-0.25, -0.2) is 4.79 Å². The van der Waals surface area contributed by atoms with Crippen LogP contribution in [0, 0.1) is 6.92 Å². The first kappa shape index (κ1) is 11.7. The summed E-state index contributed by atoms with van der Waals surface area (Å²) in [6, 6.07) is 8.83. The third kappa shape index (κ3) is 1.60. The molecule has 3 aromatic rings. The topological polar surface area (TPSA) is 52.2 Å². The lowest BCUT2D eigenvalue weighted by atomic mass is 10.1. The van der Waals surface area contributed by atoms with Gasteiger partial charge in [0.2, 0.25) is 0 Å². The van der Waals surface area contributed by atoms with Crippen molar-refractivity contribution in [1.29, 1.82) is 0 Å². The smallest absolute Gasteiger partial charge is 0.336 e. The zero-order chi connectivity index (χ0) is 13.6. The first-order valence-electron chi connectivity index (χ1n) is 6.19. The minimum atomic E-state index is -0.427. The van der Waals surface area contributed by atoms with Crippen LogP contribution in [0.4, 0.5) is 0 Å². The highest BCUT2D eigenvalue weighted by Gasteiger charge is 2.14. The maximum absolute atomic E-state index is 12.5. The fraction of sp³-hybridized carbons (Fsp3) is 0.200. The Morgan fingerprint density at radius 2 is 1.95 bits per heavy atom. The number of hydrogen-bond donors (Lipinski definition) is 0. The molecule has 19 heavy (non-hydrogen) atoms. The molecule has 3 rings (SSSR count). The second-order valence-electron chi connectivity index (χ2n) is 4.52. The van der Waals surface area contributed by atoms with Crippen molar-refractivity contribution in [1.82, 2.24) is 4.57 Å². The van der Waals surface area contributed by atoms with E-state index >= 15 is 0 Å². The number of rotatable bonds is 1. The van der Waals surface area contributed by atoms with Gasteiger partial charge in [0, 0.05) is 18.0 Å². The Kier molecular flexibility index (Phi) is 2.52. The molecule has 2 heterocycles. The highest BCUT2D eigenvalue weighted by molar-refractivity contribution is 6.02. The molecule has 0 N–H and O–H groups in total. The lowest BCUT2D eigenvalue weighted by molar-refractivity contribution is 0.561. The molecule has 96 valence electrons. The number of fused-ring (bicyclic) bond motifs is 3. The predicted molar refractivity (Wildman–Crippen MR) is 74.7 cm³/mol. The van der Waals surface area contributed by atoms with E-state index in [1.807, 2.05) is 31.2 Å². The highest BCUT2D eigenvalue weighted by atomic mass is 16.4. The summed E-state index contributed by atoms with van der Waals surface area (Å²) >= 11 is 0. The summed E-state index contributed by atoms with van der Waals surface area (Å²) in [5, 5.41) is 1.28. The number of aryl methyl sites for hydroxylation is 2. The average Bonchev–Trinajstić information content (AvgIpc) is 2.38. The molecule has 0 aliphatic heterocycles. The van der Waals surface area contributed by atoms with Gasteiger partial charge in [-0.1, -0.05) is 12.1 Å². The number of benzene rings is 1. The van der Waals surface area contributed by atoms with Crippen LogP contribution in [0.5, 0.6) is 0 Å². The van der Waals surface area contributed by atoms with Gasteiger partial charge >= 0.3 is 5.63 Å². The minimum absolute atomic E-state index is 0.113. The van der Waals surface area contributed by atoms with Gasteiger partial charge in [0.05, 0.1) is 10.9 Å². The van der Waals surface area contributed by atoms with Crippen LogP contribution in [0.2, 0.25) is 0 Å². The van der Waals surface area contributed by atoms with E-state index in [1.54, 1.807) is 11.5 Å². The molecule has 4 nitrogen and oxygen atoms in total. The summed E-state index contributed by atoms with van der Waals surface area (Å²) in [5.74, 6) is 0. The summed E-state index contributed by atoms with van der Waals surface area (Å²) in [7, 11) is 0. The van der Waals surface area contributed by atoms with Crippen molar-refractivity contribution in [3.8, 4) is 0 Å². The summed E-state index contributed by atoms with van der Waals surface area (Å²) in [4.78, 5) is 24.0. The van der Waals surface area contributed by atoms with Crippen LogP contribution in [0.25, 0.3) is 21.9 Å². The quantitative estimate of drug-likeness (QED) is 0.627. The van der Waals surface area contributed by atoms with Crippen molar-refractivity contribution in [3.63, 3.8) is 0 Å². The van der Waals surface area contributed by atoms with E-state index in [1.165, 1.54) is 6.07 Å². The number of pyridine rings is 1. The van der Waals surface area contributed by atoms with Crippen LogP contribution in [0.3, 0.4) is 0 Å². The zero-order valence-electron chi connectivity index (χ0n) is 10.8. The molecule has 0 saturated carbocycles. The van der Waals surface area contributed by atoms with Crippen LogP contribution in [0.1, 0.15) is 12.5 Å². The summed E-state index contributed by atoms with van der Waals surface area (Å²) in [6.07, 6.45) is 0. The summed E-state index contributed by atoms with van der Waals surface area (Å²) in [6.45, 7) is 4.26. The van der Waals surface area contributed by atoms with Gasteiger partial charge in [0.1, 0.15) is 0 Å². The van der Waals surface area contributed by atoms with Gasteiger partial charge in [0.25, 0.3) is 5.56 Å². The van der Waals surface area contributed by atoms with Crippen LogP contribution >= 0.6 is 0 Å². The van der Waals surface area contributed by atoms with E-state index in [-0.39, 0.29) is 5.56 Å². The molecular weight excluding hydrogens is 242 g/mol. The van der Waals surface area contributed by atoms with Gasteiger partial charge in [0.15, 0.2) is 5.58 Å². The molecule has 0 aliphatic carbocycles. The Hall–Kier alpha value is -2.36. The maximum atomic E-state index is 12.5. The van der Waals surface area contributed by atoms with E-state index in [0.29, 0.717) is 23.1 Å². The van der Waals surface area contributed by atoms with Crippen molar-refractivity contribution in [3.05, 3.63) is 56.7 Å². The molecule has 0 spiro atoms. The second-order valence-corrected chi connectivity index (χ2v) is 4.52. The molecule has 0 unspecified atom stereocenters. The first-order valence-corrected chi connectivity index (χ1v) is 6.19. The second kappa shape index (κ2) is 4.09. The molecule has 0 saturated heterocycles. The van der Waals surface area contributed by atoms with Crippen LogP contribution < -0.4 is 11.2 Å². The summed E-state index contributed by atoms with van der Waals surface area (Å²) < 4.78 is 6.97. The molecule has 0 bridgehead atoms. The van der Waals surface area contributed by atoms with E-state index < -0.39 is 5.63 Å². The van der Waals surface area contributed by atoms with E-state index in [9.17, 15) is 9.59 Å². The van der Waals surface area contributed by atoms with Gasteiger partial charge < -0.3 is 8.98 Å². The molecular formula is C15H13NO3. The third-order valence-electron chi connectivity index (χ3n) is 3.37. The van der Waals surface area contributed by atoms with E-state index in [2.05, 4.69) is 0 Å². The summed E-state index contributed by atoms with van der Waals surface area (Å²) in [5.41, 5.74) is 1.29. The van der Waals surface area contributed by atoms with Gasteiger partial charge in [-0.05, 0) is 31.5 Å². The number of hydrogen-bond acceptors (Lipinski definition) is 3. The molecule has 2 aromatic heterocycles. The number of nitrogens with zero attached hydrogens (tertiary/aromatic N) is 1. The first-order chi connectivity index (χ1) is 9.13. The Balaban J connectivity index is 2.75. The van der Waals surface area contributed by atoms with Crippen molar-refractivity contribution < 1.29 is 4.42 Å². The monoisotopic (exact) mass is 255 g/mol. The van der Waals surface area contributed by atoms with Gasteiger partial charge in [-0.3, -0.25) is 4.79 Å². The van der Waals surface area contributed by atoms with E-state index in [0.717, 1.165) is 10.9 Å². The molecule has 4 heteroatoms. The molecule has 0 amide bonds. The lowest BCUT2D eigenvalue weighted by Crippen LogP contribution is -2.21. The molecule has 0 atom stereocenters. The van der Waals surface area contributed by atoms with Crippen LogP contribution in [-0.2, 0) is 6.54 Å². The minimum Gasteiger partial charge on any atom is -0.422 e. The van der Waals surface area contributed by atoms with Crippen molar-refractivity contribution in [2.75, 3.05) is 0 Å². The fourth-order valence-electron chi connectivity index (χ4n) is 2.52. The van der Waals surface area contributed by atoms with Gasteiger partial charge in [-0.2, -0.15) is 0 Å². The number of para-hydroxylation sites is 1. The standard InChI is InChI=1S/C15H13NO3/c1-3-16-11-7-5-4-6-10(11)14-13(15(16)18)9(2)8-12(17)19-14/h4-8H,3H2,1-2H3. The Morgan fingerprint density at radius 3 is 2.68 bits per heavy atom.